The van der Waals surface area contributed by atoms with Gasteiger partial charge in [-0.25, -0.2) is 0 Å². The van der Waals surface area contributed by atoms with Crippen LogP contribution < -0.4 is 10.6 Å². The van der Waals surface area contributed by atoms with Gasteiger partial charge in [0.05, 0.1) is 0 Å². The lowest BCUT2D eigenvalue weighted by molar-refractivity contribution is 0.0664. The van der Waals surface area contributed by atoms with Gasteiger partial charge < -0.3 is 9.80 Å². The Balaban J connectivity index is 1.57. The minimum absolute atomic E-state index is 0.103. The topological polar surface area (TPSA) is 35.9 Å². The first-order chi connectivity index (χ1) is 12.6. The van der Waals surface area contributed by atoms with Crippen LogP contribution in [-0.4, -0.2) is 48.9 Å². The predicted molar refractivity (Wildman–Crippen MR) is 103 cm³/mol. The third-order valence-corrected chi connectivity index (χ3v) is 5.20. The molecular weight excluding hydrogens is 346 g/mol. The molecule has 0 saturated carbocycles. The maximum atomic E-state index is 12.6. The van der Waals surface area contributed by atoms with Crippen LogP contribution in [0.5, 0.6) is 0 Å². The van der Waals surface area contributed by atoms with E-state index in [1.54, 1.807) is 6.08 Å². The lowest BCUT2D eigenvalue weighted by Gasteiger charge is -2.32. The van der Waals surface area contributed by atoms with Crippen LogP contribution >= 0.6 is 11.6 Å². The number of hydrogen-bond donors (Lipinski definition) is 0. The normalized spacial score (nSPS) is 16.7. The van der Waals surface area contributed by atoms with Gasteiger partial charge in [-0.2, -0.15) is 0 Å². The number of carbonyl (C=O) groups is 1. The van der Waals surface area contributed by atoms with Crippen LogP contribution in [-0.2, 0) is 0 Å². The Hall–Kier alpha value is -2.52. The molecule has 0 aliphatic carbocycles. The smallest absolute Gasteiger partial charge is 0.253 e. The van der Waals surface area contributed by atoms with Crippen molar-refractivity contribution in [3.8, 4) is 11.1 Å². The SMILES string of the molecule is CN1CCN(C(=O)c2ccc(-c3ccc4c(c3)=N[C+]=CC=4Cl)cc2)CC1. The van der Waals surface area contributed by atoms with E-state index in [2.05, 4.69) is 23.1 Å². The zero-order chi connectivity index (χ0) is 18.1. The van der Waals surface area contributed by atoms with Crippen LogP contribution in [0.3, 0.4) is 0 Å². The van der Waals surface area contributed by atoms with E-state index >= 15 is 0 Å². The third kappa shape index (κ3) is 3.27. The van der Waals surface area contributed by atoms with Crippen molar-refractivity contribution < 1.29 is 4.79 Å². The van der Waals surface area contributed by atoms with Gasteiger partial charge in [-0.15, -0.1) is 0 Å². The third-order valence-electron chi connectivity index (χ3n) is 4.89. The number of fused-ring (bicyclic) bond motifs is 1. The van der Waals surface area contributed by atoms with Crippen LogP contribution in [0.15, 0.2) is 53.5 Å². The second kappa shape index (κ2) is 7.00. The molecular formula is C21H19ClN3O+. The average Bonchev–Trinajstić information content (AvgIpc) is 2.68. The number of hydrogen-bond acceptors (Lipinski definition) is 3. The molecule has 2 aromatic carbocycles. The van der Waals surface area contributed by atoms with Crippen molar-refractivity contribution in [2.75, 3.05) is 33.2 Å². The molecule has 2 heterocycles. The monoisotopic (exact) mass is 364 g/mol. The molecule has 1 fully saturated rings. The highest BCUT2D eigenvalue weighted by atomic mass is 35.5. The number of halogens is 1. The maximum Gasteiger partial charge on any atom is 0.253 e. The van der Waals surface area contributed by atoms with Crippen molar-refractivity contribution in [2.24, 2.45) is 4.99 Å². The molecule has 1 saturated heterocycles. The van der Waals surface area contributed by atoms with Gasteiger partial charge in [-0.1, -0.05) is 17.1 Å². The van der Waals surface area contributed by atoms with Crippen molar-refractivity contribution in [2.45, 2.75) is 0 Å². The fourth-order valence-corrected chi connectivity index (χ4v) is 3.45. The van der Waals surface area contributed by atoms with Gasteiger partial charge >= 0.3 is 0 Å². The Morgan fingerprint density at radius 2 is 1.73 bits per heavy atom. The molecule has 1 amide bonds. The summed E-state index contributed by atoms with van der Waals surface area (Å²) in [7, 11) is 2.08. The van der Waals surface area contributed by atoms with Crippen LogP contribution in [0.1, 0.15) is 10.4 Å². The van der Waals surface area contributed by atoms with Gasteiger partial charge in [0.15, 0.2) is 16.6 Å². The summed E-state index contributed by atoms with van der Waals surface area (Å²) in [6.07, 6.45) is 4.48. The zero-order valence-corrected chi connectivity index (χ0v) is 15.3. The Labute approximate surface area is 157 Å². The Bertz CT molecular complexity index is 987. The Morgan fingerprint density at radius 3 is 2.46 bits per heavy atom. The number of allylic oxidation sites excluding steroid dienone is 1. The summed E-state index contributed by atoms with van der Waals surface area (Å²) in [5.74, 6) is 0.103. The largest absolute Gasteiger partial charge is 0.336 e. The summed E-state index contributed by atoms with van der Waals surface area (Å²) >= 11 is 6.18. The first kappa shape index (κ1) is 16.9. The van der Waals surface area contributed by atoms with Gasteiger partial charge in [0.25, 0.3) is 5.91 Å². The summed E-state index contributed by atoms with van der Waals surface area (Å²) < 4.78 is 0. The van der Waals surface area contributed by atoms with Crippen molar-refractivity contribution >= 4 is 22.5 Å². The van der Waals surface area contributed by atoms with Crippen molar-refractivity contribution in [1.82, 2.24) is 9.80 Å². The van der Waals surface area contributed by atoms with Crippen molar-refractivity contribution in [1.29, 1.82) is 0 Å². The van der Waals surface area contributed by atoms with Crippen molar-refractivity contribution in [3.05, 3.63) is 70.9 Å². The van der Waals surface area contributed by atoms with Gasteiger partial charge in [0.1, 0.15) is 11.3 Å². The lowest BCUT2D eigenvalue weighted by Crippen LogP contribution is -2.47. The molecule has 2 aliphatic rings. The second-order valence-corrected chi connectivity index (χ2v) is 7.05. The first-order valence-electron chi connectivity index (χ1n) is 8.66. The molecule has 130 valence electrons. The molecule has 4 nitrogen and oxygen atoms in total. The van der Waals surface area contributed by atoms with Crippen LogP contribution in [0.2, 0.25) is 0 Å². The van der Waals surface area contributed by atoms with Crippen molar-refractivity contribution in [3.63, 3.8) is 0 Å². The van der Waals surface area contributed by atoms with Gasteiger partial charge in [0.2, 0.25) is 0 Å². The molecule has 0 unspecified atom stereocenters. The molecule has 4 rings (SSSR count). The second-order valence-electron chi connectivity index (χ2n) is 6.64. The maximum absolute atomic E-state index is 12.6. The van der Waals surface area contributed by atoms with E-state index in [4.69, 9.17) is 11.6 Å². The fourth-order valence-electron chi connectivity index (χ4n) is 3.24. The summed E-state index contributed by atoms with van der Waals surface area (Å²) in [6.45, 7) is 3.41. The Kier molecular flexibility index (Phi) is 4.56. The van der Waals surface area contributed by atoms with E-state index in [9.17, 15) is 4.79 Å². The van der Waals surface area contributed by atoms with Gasteiger partial charge in [0, 0.05) is 49.4 Å². The minimum atomic E-state index is 0.103. The fraction of sp³-hybridized carbons (Fsp3) is 0.238. The van der Waals surface area contributed by atoms with Gasteiger partial charge in [-0.3, -0.25) is 4.79 Å². The molecule has 0 N–H and O–H groups in total. The van der Waals surface area contributed by atoms with E-state index in [0.717, 1.165) is 53.4 Å². The molecule has 26 heavy (non-hydrogen) atoms. The number of benzene rings is 2. The molecule has 5 heteroatoms. The molecule has 2 aromatic rings. The van der Waals surface area contributed by atoms with E-state index in [1.165, 1.54) is 0 Å². The number of likely N-dealkylation sites (N-methyl/N-ethyl adjacent to an activating group) is 1. The summed E-state index contributed by atoms with van der Waals surface area (Å²) in [5.41, 5.74) is 2.82. The van der Waals surface area contributed by atoms with E-state index in [0.29, 0.717) is 5.03 Å². The van der Waals surface area contributed by atoms with Gasteiger partial charge in [-0.05, 0) is 42.4 Å². The van der Waals surface area contributed by atoms with Crippen LogP contribution in [0, 0.1) is 6.20 Å². The van der Waals surface area contributed by atoms with E-state index in [-0.39, 0.29) is 5.91 Å². The standard InChI is InChI=1S/C21H19ClN3O/c1-24-10-12-25(13-11-24)21(26)16-4-2-15(3-5-16)17-6-7-18-19(22)8-9-23-20(18)14-17/h2-8,14H,10-13H2,1H3/q+1. The number of nitrogens with zero attached hydrogens (tertiary/aromatic N) is 3. The highest BCUT2D eigenvalue weighted by Crippen LogP contribution is 2.19. The lowest BCUT2D eigenvalue weighted by atomic mass is 10.0. The highest BCUT2D eigenvalue weighted by Gasteiger charge is 2.20. The van der Waals surface area contributed by atoms with Crippen LogP contribution in [0.4, 0.5) is 0 Å². The molecule has 0 radical (unpaired) electrons. The number of carbonyl (C=O) groups excluding carboxylic acids is 1. The number of amides is 1. The number of rotatable bonds is 2. The Morgan fingerprint density at radius 1 is 1.04 bits per heavy atom. The quantitative estimate of drug-likeness (QED) is 0.764. The zero-order valence-electron chi connectivity index (χ0n) is 14.6. The molecule has 0 bridgehead atoms. The summed E-state index contributed by atoms with van der Waals surface area (Å²) in [6, 6.07) is 13.8. The minimum Gasteiger partial charge on any atom is -0.336 e. The van der Waals surface area contributed by atoms with E-state index < -0.39 is 0 Å². The predicted octanol–water partition coefficient (Wildman–Crippen LogP) is 2.04. The average molecular weight is 365 g/mol. The van der Waals surface area contributed by atoms with E-state index in [1.807, 2.05) is 47.4 Å². The first-order valence-corrected chi connectivity index (χ1v) is 9.04. The summed E-state index contributed by atoms with van der Waals surface area (Å²) in [5, 5.41) is 2.37. The molecule has 2 aliphatic heterocycles. The highest BCUT2D eigenvalue weighted by molar-refractivity contribution is 6.47. The molecule has 0 spiro atoms. The number of piperazine rings is 1. The summed E-state index contributed by atoms with van der Waals surface area (Å²) in [4.78, 5) is 21.1. The molecule has 0 atom stereocenters. The van der Waals surface area contributed by atoms with Crippen LogP contribution in [0.25, 0.3) is 16.2 Å². The molecule has 0 aromatic heterocycles.